The van der Waals surface area contributed by atoms with Gasteiger partial charge in [0.1, 0.15) is 10.7 Å². The van der Waals surface area contributed by atoms with Crippen LogP contribution in [-0.4, -0.2) is 16.1 Å². The zero-order valence-corrected chi connectivity index (χ0v) is 10.3. The summed E-state index contributed by atoms with van der Waals surface area (Å²) in [5.41, 5.74) is 4.84. The van der Waals surface area contributed by atoms with Crippen LogP contribution < -0.4 is 5.73 Å². The molecule has 2 rings (SSSR count). The van der Waals surface area contributed by atoms with Crippen molar-refractivity contribution in [1.82, 2.24) is 9.97 Å². The van der Waals surface area contributed by atoms with Gasteiger partial charge in [0.2, 0.25) is 0 Å². The van der Waals surface area contributed by atoms with E-state index < -0.39 is 11.7 Å². The van der Waals surface area contributed by atoms with E-state index in [0.29, 0.717) is 10.7 Å². The summed E-state index contributed by atoms with van der Waals surface area (Å²) in [4.78, 5) is 7.90. The molecule has 0 fully saturated rings. The fourth-order valence-electron chi connectivity index (χ4n) is 1.09. The molecule has 0 bridgehead atoms. The molecule has 3 nitrogen and oxygen atoms in total. The van der Waals surface area contributed by atoms with Crippen LogP contribution in [0.25, 0.3) is 10.7 Å². The number of rotatable bonds is 2. The molecule has 0 amide bonds. The van der Waals surface area contributed by atoms with Crippen LogP contribution in [0.3, 0.4) is 0 Å². The maximum absolute atomic E-state index is 12.7. The predicted octanol–water partition coefficient (Wildman–Crippen LogP) is 3.00. The van der Waals surface area contributed by atoms with Crippen LogP contribution in [0.5, 0.6) is 0 Å². The third-order valence-electron chi connectivity index (χ3n) is 2.28. The van der Waals surface area contributed by atoms with Crippen molar-refractivity contribution in [3.8, 4) is 10.7 Å². The molecular weight excluding hydrogens is 271 g/mol. The van der Waals surface area contributed by atoms with Crippen LogP contribution in [0.15, 0.2) is 16.3 Å². The lowest BCUT2D eigenvalue weighted by Gasteiger charge is -2.25. The van der Waals surface area contributed by atoms with E-state index in [2.05, 4.69) is 9.97 Å². The first-order valence-electron chi connectivity index (χ1n) is 4.52. The summed E-state index contributed by atoms with van der Waals surface area (Å²) >= 11 is 2.46. The SMILES string of the molecule is CC(N)(c1csc(-c2cscn2)n1)C(F)(F)F. The van der Waals surface area contributed by atoms with Crippen LogP contribution in [0.1, 0.15) is 12.6 Å². The zero-order chi connectivity index (χ0) is 12.7. The second-order valence-electron chi connectivity index (χ2n) is 3.61. The molecule has 2 N–H and O–H groups in total. The molecular formula is C9H8F3N3S2. The van der Waals surface area contributed by atoms with E-state index >= 15 is 0 Å². The van der Waals surface area contributed by atoms with E-state index in [0.717, 1.165) is 18.3 Å². The Kier molecular flexibility index (Phi) is 2.96. The Hall–Kier alpha value is -0.990. The standard InChI is InChI=1S/C9H8F3N3S2/c1-8(13,9(10,11)12)6-3-17-7(15-6)5-2-16-4-14-5/h2-4H,13H2,1H3. The van der Waals surface area contributed by atoms with Gasteiger partial charge in [-0.15, -0.1) is 22.7 Å². The van der Waals surface area contributed by atoms with Crippen LogP contribution in [0.2, 0.25) is 0 Å². The normalized spacial score (nSPS) is 15.8. The summed E-state index contributed by atoms with van der Waals surface area (Å²) in [6.07, 6.45) is -4.53. The number of nitrogens with zero attached hydrogens (tertiary/aromatic N) is 2. The summed E-state index contributed by atoms with van der Waals surface area (Å²) in [6, 6.07) is 0. The highest BCUT2D eigenvalue weighted by Gasteiger charge is 2.51. The molecule has 92 valence electrons. The minimum Gasteiger partial charge on any atom is -0.313 e. The first kappa shape index (κ1) is 12.5. The number of thiazole rings is 2. The first-order chi connectivity index (χ1) is 7.82. The molecule has 17 heavy (non-hydrogen) atoms. The smallest absolute Gasteiger partial charge is 0.313 e. The molecule has 0 spiro atoms. The van der Waals surface area contributed by atoms with Gasteiger partial charge in [-0.05, 0) is 6.92 Å². The highest BCUT2D eigenvalue weighted by Crippen LogP contribution is 2.37. The van der Waals surface area contributed by atoms with Gasteiger partial charge in [-0.3, -0.25) is 0 Å². The molecule has 0 saturated heterocycles. The second-order valence-corrected chi connectivity index (χ2v) is 5.19. The van der Waals surface area contributed by atoms with Crippen molar-refractivity contribution in [2.24, 2.45) is 5.73 Å². The number of nitrogens with two attached hydrogens (primary N) is 1. The molecule has 8 heteroatoms. The predicted molar refractivity (Wildman–Crippen MR) is 60.8 cm³/mol. The largest absolute Gasteiger partial charge is 0.411 e. The van der Waals surface area contributed by atoms with E-state index in [-0.39, 0.29) is 5.69 Å². The summed E-state index contributed by atoms with van der Waals surface area (Å²) in [5.74, 6) is 0. The molecule has 1 atom stereocenters. The van der Waals surface area contributed by atoms with Crippen molar-refractivity contribution in [3.63, 3.8) is 0 Å². The molecule has 0 aliphatic rings. The van der Waals surface area contributed by atoms with E-state index in [9.17, 15) is 13.2 Å². The highest BCUT2D eigenvalue weighted by atomic mass is 32.1. The molecule has 2 heterocycles. The monoisotopic (exact) mass is 279 g/mol. The third-order valence-corrected chi connectivity index (χ3v) is 3.73. The van der Waals surface area contributed by atoms with Crippen molar-refractivity contribution < 1.29 is 13.2 Å². The number of hydrogen-bond donors (Lipinski definition) is 1. The summed E-state index contributed by atoms with van der Waals surface area (Å²) in [6.45, 7) is 0.910. The number of hydrogen-bond acceptors (Lipinski definition) is 5. The Morgan fingerprint density at radius 2 is 2.00 bits per heavy atom. The second kappa shape index (κ2) is 4.04. The Morgan fingerprint density at radius 3 is 2.53 bits per heavy atom. The average Bonchev–Trinajstić information content (AvgIpc) is 2.87. The molecule has 0 aromatic carbocycles. The van der Waals surface area contributed by atoms with Crippen molar-refractivity contribution in [2.75, 3.05) is 0 Å². The van der Waals surface area contributed by atoms with Crippen molar-refractivity contribution in [3.05, 3.63) is 22.0 Å². The number of aromatic nitrogens is 2. The van der Waals surface area contributed by atoms with Crippen LogP contribution in [0.4, 0.5) is 13.2 Å². The lowest BCUT2D eigenvalue weighted by atomic mass is 10.00. The lowest BCUT2D eigenvalue weighted by molar-refractivity contribution is -0.185. The van der Waals surface area contributed by atoms with E-state index in [1.807, 2.05) is 0 Å². The van der Waals surface area contributed by atoms with Gasteiger partial charge in [0.25, 0.3) is 0 Å². The average molecular weight is 279 g/mol. The molecule has 0 radical (unpaired) electrons. The van der Waals surface area contributed by atoms with Gasteiger partial charge < -0.3 is 5.73 Å². The number of halogens is 3. The third kappa shape index (κ3) is 2.20. The quantitative estimate of drug-likeness (QED) is 0.919. The van der Waals surface area contributed by atoms with Crippen LogP contribution in [-0.2, 0) is 5.54 Å². The first-order valence-corrected chi connectivity index (χ1v) is 6.35. The Morgan fingerprint density at radius 1 is 1.29 bits per heavy atom. The lowest BCUT2D eigenvalue weighted by Crippen LogP contribution is -2.47. The van der Waals surface area contributed by atoms with Crippen molar-refractivity contribution in [2.45, 2.75) is 18.6 Å². The molecule has 2 aromatic rings. The van der Waals surface area contributed by atoms with E-state index in [1.165, 1.54) is 16.7 Å². The zero-order valence-electron chi connectivity index (χ0n) is 8.65. The van der Waals surface area contributed by atoms with Gasteiger partial charge in [-0.2, -0.15) is 13.2 Å². The highest BCUT2D eigenvalue weighted by molar-refractivity contribution is 7.13. The molecule has 0 aliphatic carbocycles. The molecule has 2 aromatic heterocycles. The molecule has 0 saturated carbocycles. The molecule has 1 unspecified atom stereocenters. The van der Waals surface area contributed by atoms with Crippen molar-refractivity contribution >= 4 is 22.7 Å². The summed E-state index contributed by atoms with van der Waals surface area (Å²) in [5, 5.41) is 3.49. The van der Waals surface area contributed by atoms with Crippen LogP contribution in [0, 0.1) is 0 Å². The minimum atomic E-state index is -4.53. The Bertz CT molecular complexity index is 502. The van der Waals surface area contributed by atoms with Gasteiger partial charge in [0.05, 0.1) is 11.2 Å². The van der Waals surface area contributed by atoms with Gasteiger partial charge in [0.15, 0.2) is 5.54 Å². The minimum absolute atomic E-state index is 0.182. The maximum Gasteiger partial charge on any atom is 0.411 e. The fourth-order valence-corrected chi connectivity index (χ4v) is 2.61. The number of alkyl halides is 3. The molecule has 0 aliphatic heterocycles. The fraction of sp³-hybridized carbons (Fsp3) is 0.333. The van der Waals surface area contributed by atoms with Gasteiger partial charge in [-0.1, -0.05) is 0 Å². The Labute approximate surface area is 103 Å². The van der Waals surface area contributed by atoms with E-state index in [4.69, 9.17) is 5.73 Å². The summed E-state index contributed by atoms with van der Waals surface area (Å²) in [7, 11) is 0. The maximum atomic E-state index is 12.7. The van der Waals surface area contributed by atoms with Crippen LogP contribution >= 0.6 is 22.7 Å². The van der Waals surface area contributed by atoms with Gasteiger partial charge in [-0.25, -0.2) is 9.97 Å². The van der Waals surface area contributed by atoms with E-state index in [1.54, 1.807) is 10.9 Å². The van der Waals surface area contributed by atoms with Crippen molar-refractivity contribution in [1.29, 1.82) is 0 Å². The van der Waals surface area contributed by atoms with Gasteiger partial charge >= 0.3 is 6.18 Å². The van der Waals surface area contributed by atoms with Gasteiger partial charge in [0, 0.05) is 10.8 Å². The topological polar surface area (TPSA) is 51.8 Å². The summed E-state index contributed by atoms with van der Waals surface area (Å²) < 4.78 is 38.1. The Balaban J connectivity index is 2.37.